The Bertz CT molecular complexity index is 379. The Morgan fingerprint density at radius 3 is 2.71 bits per heavy atom. The van der Waals surface area contributed by atoms with Crippen LogP contribution in [0.1, 0.15) is 17.5 Å². The SMILES string of the molecule is COC[C@@](C)(CNC(=O)c1ccc(Br)o1)OC. The summed E-state index contributed by atoms with van der Waals surface area (Å²) in [5, 5.41) is 2.73. The minimum Gasteiger partial charge on any atom is -0.444 e. The van der Waals surface area contributed by atoms with Crippen molar-refractivity contribution < 1.29 is 18.7 Å². The molecule has 96 valence electrons. The van der Waals surface area contributed by atoms with Crippen LogP contribution in [0, 0.1) is 0 Å². The molecule has 0 radical (unpaired) electrons. The molecule has 0 bridgehead atoms. The molecule has 0 aliphatic heterocycles. The Hall–Kier alpha value is -0.850. The normalized spacial score (nSPS) is 14.4. The van der Waals surface area contributed by atoms with Gasteiger partial charge in [0.15, 0.2) is 10.4 Å². The third-order valence-electron chi connectivity index (χ3n) is 2.36. The summed E-state index contributed by atoms with van der Waals surface area (Å²) in [5.74, 6) is -0.0252. The van der Waals surface area contributed by atoms with E-state index in [1.807, 2.05) is 6.92 Å². The van der Waals surface area contributed by atoms with E-state index in [2.05, 4.69) is 21.2 Å². The van der Waals surface area contributed by atoms with Gasteiger partial charge < -0.3 is 19.2 Å². The van der Waals surface area contributed by atoms with Crippen LogP contribution in [0.5, 0.6) is 0 Å². The highest BCUT2D eigenvalue weighted by Crippen LogP contribution is 2.14. The fourth-order valence-electron chi connectivity index (χ4n) is 1.28. The molecule has 6 heteroatoms. The standard InChI is InChI=1S/C11H16BrNO4/c1-11(16-3,7-15-2)6-13-10(14)8-4-5-9(12)17-8/h4-5H,6-7H2,1-3H3,(H,13,14)/t11-/m1/s1. The summed E-state index contributed by atoms with van der Waals surface area (Å²) in [7, 11) is 3.16. The van der Waals surface area contributed by atoms with Crippen LogP contribution >= 0.6 is 15.9 Å². The number of methoxy groups -OCH3 is 2. The van der Waals surface area contributed by atoms with E-state index >= 15 is 0 Å². The van der Waals surface area contributed by atoms with Gasteiger partial charge in [-0.05, 0) is 35.0 Å². The first-order valence-electron chi connectivity index (χ1n) is 5.08. The van der Waals surface area contributed by atoms with Crippen molar-refractivity contribution in [3.8, 4) is 0 Å². The van der Waals surface area contributed by atoms with Gasteiger partial charge in [-0.15, -0.1) is 0 Å². The van der Waals surface area contributed by atoms with E-state index in [1.165, 1.54) is 0 Å². The van der Waals surface area contributed by atoms with Gasteiger partial charge in [-0.25, -0.2) is 0 Å². The second-order valence-corrected chi connectivity index (χ2v) is 4.66. The number of halogens is 1. The van der Waals surface area contributed by atoms with E-state index in [9.17, 15) is 4.79 Å². The highest BCUT2D eigenvalue weighted by Gasteiger charge is 2.25. The van der Waals surface area contributed by atoms with Gasteiger partial charge in [0.25, 0.3) is 5.91 Å². The predicted octanol–water partition coefficient (Wildman–Crippen LogP) is 1.82. The molecule has 17 heavy (non-hydrogen) atoms. The van der Waals surface area contributed by atoms with Gasteiger partial charge in [-0.2, -0.15) is 0 Å². The van der Waals surface area contributed by atoms with Gasteiger partial charge in [-0.1, -0.05) is 0 Å². The van der Waals surface area contributed by atoms with E-state index in [-0.39, 0.29) is 11.7 Å². The minimum atomic E-state index is -0.547. The lowest BCUT2D eigenvalue weighted by Crippen LogP contribution is -2.45. The van der Waals surface area contributed by atoms with Gasteiger partial charge in [0, 0.05) is 20.8 Å². The fraction of sp³-hybridized carbons (Fsp3) is 0.545. The van der Waals surface area contributed by atoms with Crippen LogP contribution < -0.4 is 5.32 Å². The Labute approximate surface area is 109 Å². The van der Waals surface area contributed by atoms with E-state index in [0.29, 0.717) is 17.8 Å². The maximum atomic E-state index is 11.7. The zero-order valence-corrected chi connectivity index (χ0v) is 11.7. The van der Waals surface area contributed by atoms with Crippen molar-refractivity contribution in [1.29, 1.82) is 0 Å². The van der Waals surface area contributed by atoms with Crippen molar-refractivity contribution in [3.05, 3.63) is 22.6 Å². The van der Waals surface area contributed by atoms with Crippen molar-refractivity contribution in [2.45, 2.75) is 12.5 Å². The van der Waals surface area contributed by atoms with E-state index in [1.54, 1.807) is 26.4 Å². The van der Waals surface area contributed by atoms with Crippen LogP contribution in [-0.2, 0) is 9.47 Å². The molecule has 0 saturated heterocycles. The van der Waals surface area contributed by atoms with Crippen LogP contribution in [0.3, 0.4) is 0 Å². The van der Waals surface area contributed by atoms with E-state index in [4.69, 9.17) is 13.9 Å². The van der Waals surface area contributed by atoms with Crippen molar-refractivity contribution in [2.75, 3.05) is 27.4 Å². The molecule has 1 aromatic rings. The Kier molecular flexibility index (Phi) is 5.17. The monoisotopic (exact) mass is 305 g/mol. The molecule has 1 rings (SSSR count). The van der Waals surface area contributed by atoms with E-state index in [0.717, 1.165) is 0 Å². The number of hydrogen-bond donors (Lipinski definition) is 1. The lowest BCUT2D eigenvalue weighted by Gasteiger charge is -2.27. The molecule has 0 aliphatic carbocycles. The molecule has 1 aromatic heterocycles. The number of amides is 1. The van der Waals surface area contributed by atoms with Gasteiger partial charge in [-0.3, -0.25) is 4.79 Å². The maximum absolute atomic E-state index is 11.7. The summed E-state index contributed by atoms with van der Waals surface area (Å²) >= 11 is 3.14. The molecule has 0 unspecified atom stereocenters. The number of carbonyl (C=O) groups is 1. The number of rotatable bonds is 6. The highest BCUT2D eigenvalue weighted by atomic mass is 79.9. The van der Waals surface area contributed by atoms with Crippen LogP contribution in [0.4, 0.5) is 0 Å². The number of ether oxygens (including phenoxy) is 2. The topological polar surface area (TPSA) is 60.7 Å². The molecule has 0 fully saturated rings. The molecule has 0 aromatic carbocycles. The average Bonchev–Trinajstić information content (AvgIpc) is 2.73. The summed E-state index contributed by atoms with van der Waals surface area (Å²) in [6, 6.07) is 3.26. The molecule has 1 atom stereocenters. The van der Waals surface area contributed by atoms with Gasteiger partial charge >= 0.3 is 0 Å². The second kappa shape index (κ2) is 6.18. The Balaban J connectivity index is 2.52. The minimum absolute atomic E-state index is 0.257. The molecular formula is C11H16BrNO4. The maximum Gasteiger partial charge on any atom is 0.287 e. The predicted molar refractivity (Wildman–Crippen MR) is 66.0 cm³/mol. The van der Waals surface area contributed by atoms with Gasteiger partial charge in [0.2, 0.25) is 0 Å². The average molecular weight is 306 g/mol. The number of furan rings is 1. The summed E-state index contributed by atoms with van der Waals surface area (Å²) in [5.41, 5.74) is -0.547. The van der Waals surface area contributed by atoms with Crippen molar-refractivity contribution in [2.24, 2.45) is 0 Å². The zero-order valence-electron chi connectivity index (χ0n) is 10.1. The van der Waals surface area contributed by atoms with Crippen LogP contribution in [0.2, 0.25) is 0 Å². The molecule has 0 spiro atoms. The quantitative estimate of drug-likeness (QED) is 0.871. The number of carbonyl (C=O) groups excluding carboxylic acids is 1. The molecule has 1 heterocycles. The molecule has 1 amide bonds. The summed E-state index contributed by atoms with van der Waals surface area (Å²) in [6.45, 7) is 2.59. The lowest BCUT2D eigenvalue weighted by atomic mass is 10.1. The zero-order chi connectivity index (χ0) is 12.9. The smallest absolute Gasteiger partial charge is 0.287 e. The largest absolute Gasteiger partial charge is 0.444 e. The van der Waals surface area contributed by atoms with Crippen LogP contribution in [0.25, 0.3) is 0 Å². The van der Waals surface area contributed by atoms with Crippen molar-refractivity contribution in [3.63, 3.8) is 0 Å². The first-order valence-corrected chi connectivity index (χ1v) is 5.87. The summed E-state index contributed by atoms with van der Waals surface area (Å²) < 4.78 is 16.0. The third kappa shape index (κ3) is 4.14. The first kappa shape index (κ1) is 14.2. The van der Waals surface area contributed by atoms with Crippen LogP contribution in [0.15, 0.2) is 21.2 Å². The van der Waals surface area contributed by atoms with Gasteiger partial charge in [0.05, 0.1) is 6.61 Å². The lowest BCUT2D eigenvalue weighted by molar-refractivity contribution is -0.0480. The molecule has 0 saturated carbocycles. The van der Waals surface area contributed by atoms with Crippen molar-refractivity contribution >= 4 is 21.8 Å². The third-order valence-corrected chi connectivity index (χ3v) is 2.79. The molecule has 1 N–H and O–H groups in total. The molecule has 5 nitrogen and oxygen atoms in total. The number of hydrogen-bond acceptors (Lipinski definition) is 4. The Morgan fingerprint density at radius 1 is 1.53 bits per heavy atom. The highest BCUT2D eigenvalue weighted by molar-refractivity contribution is 9.10. The van der Waals surface area contributed by atoms with Crippen molar-refractivity contribution in [1.82, 2.24) is 5.32 Å². The molecular weight excluding hydrogens is 290 g/mol. The molecule has 0 aliphatic rings. The summed E-state index contributed by atoms with van der Waals surface area (Å²) in [6.07, 6.45) is 0. The second-order valence-electron chi connectivity index (χ2n) is 3.87. The van der Waals surface area contributed by atoms with E-state index < -0.39 is 5.60 Å². The van der Waals surface area contributed by atoms with Crippen LogP contribution in [-0.4, -0.2) is 38.9 Å². The first-order chi connectivity index (χ1) is 8.00. The number of nitrogens with one attached hydrogen (secondary N) is 1. The Morgan fingerprint density at radius 2 is 2.24 bits per heavy atom. The fourth-order valence-corrected chi connectivity index (χ4v) is 1.58. The summed E-state index contributed by atoms with van der Waals surface area (Å²) in [4.78, 5) is 11.7. The van der Waals surface area contributed by atoms with Gasteiger partial charge in [0.1, 0.15) is 5.60 Å².